The summed E-state index contributed by atoms with van der Waals surface area (Å²) in [6.07, 6.45) is 6.93. The number of esters is 1. The average molecular weight is 307 g/mol. The van der Waals surface area contributed by atoms with Crippen molar-refractivity contribution >= 4 is 12.1 Å². The number of alkyl carbamates (subject to hydrolysis) is 1. The van der Waals surface area contributed by atoms with Crippen LogP contribution >= 0.6 is 0 Å². The average Bonchev–Trinajstić information content (AvgIpc) is 2.41. The molecule has 4 aliphatic carbocycles. The molecule has 122 valence electrons. The molecule has 0 aromatic rings. The van der Waals surface area contributed by atoms with E-state index in [9.17, 15) is 9.59 Å². The van der Waals surface area contributed by atoms with Crippen LogP contribution in [0.3, 0.4) is 0 Å². The van der Waals surface area contributed by atoms with E-state index in [1.54, 1.807) is 6.92 Å². The van der Waals surface area contributed by atoms with Crippen LogP contribution in [0.1, 0.15) is 45.4 Å². The first-order valence-electron chi connectivity index (χ1n) is 8.23. The van der Waals surface area contributed by atoms with Crippen LogP contribution in [-0.4, -0.2) is 30.8 Å². The minimum absolute atomic E-state index is 0.0415. The van der Waals surface area contributed by atoms with E-state index in [2.05, 4.69) is 11.9 Å². The number of amides is 1. The largest absolute Gasteiger partial charge is 0.459 e. The molecule has 4 fully saturated rings. The highest BCUT2D eigenvalue weighted by Gasteiger charge is 2.51. The molecule has 4 saturated carbocycles. The van der Waals surface area contributed by atoms with Gasteiger partial charge in [0.1, 0.15) is 13.2 Å². The Morgan fingerprint density at radius 1 is 1.05 bits per heavy atom. The van der Waals surface area contributed by atoms with Crippen LogP contribution in [0.4, 0.5) is 4.79 Å². The molecule has 5 heteroatoms. The highest BCUT2D eigenvalue weighted by Crippen LogP contribution is 2.55. The van der Waals surface area contributed by atoms with Crippen molar-refractivity contribution in [2.24, 2.45) is 17.8 Å². The number of ether oxygens (including phenoxy) is 2. The maximum absolute atomic E-state index is 12.0. The monoisotopic (exact) mass is 307 g/mol. The SMILES string of the molecule is C=C(C)C(=O)OCCOC(=O)NC12CC3CC(CC(C3)C1)C2. The van der Waals surface area contributed by atoms with Gasteiger partial charge in [-0.15, -0.1) is 0 Å². The van der Waals surface area contributed by atoms with Crippen molar-refractivity contribution in [2.75, 3.05) is 13.2 Å². The highest BCUT2D eigenvalue weighted by molar-refractivity contribution is 5.86. The van der Waals surface area contributed by atoms with E-state index < -0.39 is 5.97 Å². The van der Waals surface area contributed by atoms with Gasteiger partial charge < -0.3 is 14.8 Å². The number of carbonyl (C=O) groups is 2. The zero-order valence-electron chi connectivity index (χ0n) is 13.2. The fourth-order valence-corrected chi connectivity index (χ4v) is 4.91. The first-order valence-corrected chi connectivity index (χ1v) is 8.23. The molecular formula is C17H25NO4. The predicted molar refractivity (Wildman–Crippen MR) is 81.2 cm³/mol. The third-order valence-corrected chi connectivity index (χ3v) is 5.30. The van der Waals surface area contributed by atoms with E-state index >= 15 is 0 Å². The van der Waals surface area contributed by atoms with Crippen LogP contribution in [-0.2, 0) is 14.3 Å². The Bertz CT molecular complexity index is 450. The fourth-order valence-electron chi connectivity index (χ4n) is 4.91. The van der Waals surface area contributed by atoms with Crippen molar-refractivity contribution < 1.29 is 19.1 Å². The van der Waals surface area contributed by atoms with Crippen LogP contribution in [0, 0.1) is 17.8 Å². The van der Waals surface area contributed by atoms with Gasteiger partial charge in [0.15, 0.2) is 0 Å². The molecule has 0 spiro atoms. The first kappa shape index (κ1) is 15.4. The van der Waals surface area contributed by atoms with E-state index in [4.69, 9.17) is 9.47 Å². The van der Waals surface area contributed by atoms with Crippen molar-refractivity contribution in [3.8, 4) is 0 Å². The summed E-state index contributed by atoms with van der Waals surface area (Å²) in [6, 6.07) is 0. The minimum atomic E-state index is -0.454. The molecule has 0 aromatic heterocycles. The fraction of sp³-hybridized carbons (Fsp3) is 0.765. The van der Waals surface area contributed by atoms with Gasteiger partial charge in [-0.1, -0.05) is 6.58 Å². The quantitative estimate of drug-likeness (QED) is 0.482. The second-order valence-corrected chi connectivity index (χ2v) is 7.38. The van der Waals surface area contributed by atoms with Gasteiger partial charge in [-0.05, 0) is 63.2 Å². The van der Waals surface area contributed by atoms with Gasteiger partial charge in [-0.3, -0.25) is 0 Å². The number of carbonyl (C=O) groups excluding carboxylic acids is 2. The zero-order chi connectivity index (χ0) is 15.7. The molecule has 4 bridgehead atoms. The van der Waals surface area contributed by atoms with Crippen LogP contribution in [0.25, 0.3) is 0 Å². The molecule has 4 rings (SSSR count). The summed E-state index contributed by atoms with van der Waals surface area (Å²) in [7, 11) is 0. The molecule has 0 aliphatic heterocycles. The van der Waals surface area contributed by atoms with Crippen molar-refractivity contribution in [2.45, 2.75) is 51.0 Å². The molecule has 0 atom stereocenters. The van der Waals surface area contributed by atoms with Gasteiger partial charge in [-0.25, -0.2) is 9.59 Å². The van der Waals surface area contributed by atoms with Gasteiger partial charge in [-0.2, -0.15) is 0 Å². The standard InChI is InChI=1S/C17H25NO4/c1-11(2)15(19)21-3-4-22-16(20)18-17-8-12-5-13(9-17)7-14(6-12)10-17/h12-14H,1,3-10H2,2H3,(H,18,20). The Morgan fingerprint density at radius 3 is 2.05 bits per heavy atom. The van der Waals surface area contributed by atoms with Gasteiger partial charge >= 0.3 is 12.1 Å². The van der Waals surface area contributed by atoms with E-state index in [1.807, 2.05) is 0 Å². The third kappa shape index (κ3) is 3.28. The summed E-state index contributed by atoms with van der Waals surface area (Å²) in [5, 5.41) is 3.12. The summed E-state index contributed by atoms with van der Waals surface area (Å²) in [6.45, 7) is 5.23. The lowest BCUT2D eigenvalue weighted by molar-refractivity contribution is -0.140. The Balaban J connectivity index is 1.42. The molecule has 0 heterocycles. The van der Waals surface area contributed by atoms with Crippen LogP contribution in [0.15, 0.2) is 12.2 Å². The number of hydrogen-bond acceptors (Lipinski definition) is 4. The second-order valence-electron chi connectivity index (χ2n) is 7.38. The van der Waals surface area contributed by atoms with E-state index in [0.29, 0.717) is 5.57 Å². The van der Waals surface area contributed by atoms with Crippen molar-refractivity contribution in [3.05, 3.63) is 12.2 Å². The summed E-state index contributed by atoms with van der Waals surface area (Å²) in [5.41, 5.74) is 0.304. The number of nitrogens with one attached hydrogen (secondary N) is 1. The van der Waals surface area contributed by atoms with Crippen molar-refractivity contribution in [1.82, 2.24) is 5.32 Å². The minimum Gasteiger partial charge on any atom is -0.459 e. The molecular weight excluding hydrogens is 282 g/mol. The van der Waals surface area contributed by atoms with Gasteiger partial charge in [0.25, 0.3) is 0 Å². The first-order chi connectivity index (χ1) is 10.5. The van der Waals surface area contributed by atoms with E-state index in [0.717, 1.165) is 37.0 Å². The lowest BCUT2D eigenvalue weighted by atomic mass is 9.53. The molecule has 1 N–H and O–H groups in total. The molecule has 0 radical (unpaired) electrons. The smallest absolute Gasteiger partial charge is 0.407 e. The summed E-state index contributed by atoms with van der Waals surface area (Å²) in [4.78, 5) is 23.2. The maximum Gasteiger partial charge on any atom is 0.407 e. The summed E-state index contributed by atoms with van der Waals surface area (Å²) in [5.74, 6) is 1.89. The summed E-state index contributed by atoms with van der Waals surface area (Å²) >= 11 is 0. The Hall–Kier alpha value is -1.52. The zero-order valence-corrected chi connectivity index (χ0v) is 13.2. The maximum atomic E-state index is 12.0. The van der Waals surface area contributed by atoms with Crippen LogP contribution < -0.4 is 5.32 Å². The number of rotatable bonds is 5. The predicted octanol–water partition coefficient (Wildman–Crippen LogP) is 2.80. The normalized spacial score (nSPS) is 35.0. The van der Waals surface area contributed by atoms with Crippen molar-refractivity contribution in [1.29, 1.82) is 0 Å². The third-order valence-electron chi connectivity index (χ3n) is 5.30. The summed E-state index contributed by atoms with van der Waals surface area (Å²) < 4.78 is 10.1. The molecule has 4 aliphatic rings. The molecule has 0 aromatic carbocycles. The molecule has 1 amide bonds. The lowest BCUT2D eigenvalue weighted by Crippen LogP contribution is -2.60. The Labute approximate surface area is 131 Å². The van der Waals surface area contributed by atoms with Crippen molar-refractivity contribution in [3.63, 3.8) is 0 Å². The molecule has 0 unspecified atom stereocenters. The molecule has 22 heavy (non-hydrogen) atoms. The molecule has 5 nitrogen and oxygen atoms in total. The van der Waals surface area contributed by atoms with Gasteiger partial charge in [0.05, 0.1) is 0 Å². The lowest BCUT2D eigenvalue weighted by Gasteiger charge is -2.56. The molecule has 0 saturated heterocycles. The van der Waals surface area contributed by atoms with Crippen LogP contribution in [0.5, 0.6) is 0 Å². The second kappa shape index (κ2) is 5.94. The van der Waals surface area contributed by atoms with Gasteiger partial charge in [0.2, 0.25) is 0 Å². The Kier molecular flexibility index (Phi) is 4.15. The van der Waals surface area contributed by atoms with Crippen LogP contribution in [0.2, 0.25) is 0 Å². The Morgan fingerprint density at radius 2 is 1.55 bits per heavy atom. The highest BCUT2D eigenvalue weighted by atomic mass is 16.6. The van der Waals surface area contributed by atoms with E-state index in [-0.39, 0.29) is 24.8 Å². The topological polar surface area (TPSA) is 64.6 Å². The van der Waals surface area contributed by atoms with E-state index in [1.165, 1.54) is 19.3 Å². The van der Waals surface area contributed by atoms with Gasteiger partial charge in [0, 0.05) is 11.1 Å². The number of hydrogen-bond donors (Lipinski definition) is 1.